The molecule has 2 aliphatic carbocycles. The van der Waals surface area contributed by atoms with Crippen molar-refractivity contribution in [3.8, 4) is 0 Å². The summed E-state index contributed by atoms with van der Waals surface area (Å²) in [7, 11) is 0. The van der Waals surface area contributed by atoms with Gasteiger partial charge in [0.15, 0.2) is 5.79 Å². The third-order valence-electron chi connectivity index (χ3n) is 7.36. The third-order valence-corrected chi connectivity index (χ3v) is 7.36. The van der Waals surface area contributed by atoms with Gasteiger partial charge in [0.1, 0.15) is 0 Å². The molecule has 1 saturated heterocycles. The van der Waals surface area contributed by atoms with Gasteiger partial charge in [-0.2, -0.15) is 0 Å². The maximum Gasteiger partial charge on any atom is 0.168 e. The summed E-state index contributed by atoms with van der Waals surface area (Å²) in [5.74, 6) is -0.0510. The number of hydrogen-bond donors (Lipinski definition) is 0. The SMILES string of the molecule is C1=C[C@]2(CCC[C@H](OCc3ccccc3)C[C@@H]2[C@H]2COC3(CCCCC3)O2)OC1. The van der Waals surface area contributed by atoms with Crippen molar-refractivity contribution in [3.63, 3.8) is 0 Å². The minimum atomic E-state index is -0.334. The zero-order valence-corrected chi connectivity index (χ0v) is 17.4. The Balaban J connectivity index is 1.31. The van der Waals surface area contributed by atoms with E-state index in [0.29, 0.717) is 19.8 Å². The molecule has 4 nitrogen and oxygen atoms in total. The molecule has 2 aliphatic heterocycles. The molecule has 3 fully saturated rings. The van der Waals surface area contributed by atoms with E-state index in [2.05, 4.69) is 42.5 Å². The second-order valence-corrected chi connectivity index (χ2v) is 9.26. The molecule has 4 atom stereocenters. The van der Waals surface area contributed by atoms with Crippen molar-refractivity contribution in [2.75, 3.05) is 13.2 Å². The molecule has 0 unspecified atom stereocenters. The summed E-state index contributed by atoms with van der Waals surface area (Å²) in [6.45, 7) is 2.08. The van der Waals surface area contributed by atoms with Crippen LogP contribution in [0.2, 0.25) is 0 Å². The average molecular weight is 399 g/mol. The van der Waals surface area contributed by atoms with Gasteiger partial charge in [0.05, 0.1) is 37.6 Å². The van der Waals surface area contributed by atoms with Crippen molar-refractivity contribution in [2.45, 2.75) is 88.0 Å². The average Bonchev–Trinajstić information content (AvgIpc) is 3.34. The first-order valence-corrected chi connectivity index (χ1v) is 11.6. The Bertz CT molecular complexity index is 696. The Hall–Kier alpha value is -1.20. The lowest BCUT2D eigenvalue weighted by molar-refractivity contribution is -0.200. The summed E-state index contributed by atoms with van der Waals surface area (Å²) >= 11 is 0. The highest BCUT2D eigenvalue weighted by Gasteiger charge is 2.52. The van der Waals surface area contributed by atoms with E-state index in [0.717, 1.165) is 38.5 Å². The van der Waals surface area contributed by atoms with Crippen molar-refractivity contribution in [1.82, 2.24) is 0 Å². The van der Waals surface area contributed by atoms with Gasteiger partial charge in [-0.3, -0.25) is 0 Å². The van der Waals surface area contributed by atoms with Crippen LogP contribution in [0.3, 0.4) is 0 Å². The minimum absolute atomic E-state index is 0.0942. The quantitative estimate of drug-likeness (QED) is 0.656. The molecule has 0 radical (unpaired) electrons. The molecule has 2 saturated carbocycles. The second kappa shape index (κ2) is 8.50. The summed E-state index contributed by atoms with van der Waals surface area (Å²) in [4.78, 5) is 0. The predicted octanol–water partition coefficient (Wildman–Crippen LogP) is 5.16. The fourth-order valence-electron chi connectivity index (χ4n) is 5.81. The van der Waals surface area contributed by atoms with Gasteiger partial charge < -0.3 is 18.9 Å². The lowest BCUT2D eigenvalue weighted by atomic mass is 9.79. The van der Waals surface area contributed by atoms with E-state index >= 15 is 0 Å². The molecule has 2 spiro atoms. The molecular formula is C25H34O4. The third kappa shape index (κ3) is 4.18. The van der Waals surface area contributed by atoms with E-state index < -0.39 is 0 Å². The molecule has 1 aromatic carbocycles. The van der Waals surface area contributed by atoms with Gasteiger partial charge in [-0.05, 0) is 44.1 Å². The van der Waals surface area contributed by atoms with Crippen LogP contribution in [0.25, 0.3) is 0 Å². The van der Waals surface area contributed by atoms with Crippen LogP contribution < -0.4 is 0 Å². The molecule has 4 aliphatic rings. The summed E-state index contributed by atoms with van der Waals surface area (Å²) < 4.78 is 25.8. The van der Waals surface area contributed by atoms with Gasteiger partial charge in [0.25, 0.3) is 0 Å². The normalized spacial score (nSPS) is 36.6. The Morgan fingerprint density at radius 1 is 0.966 bits per heavy atom. The van der Waals surface area contributed by atoms with E-state index in [1.807, 2.05) is 0 Å². The van der Waals surface area contributed by atoms with Crippen LogP contribution >= 0.6 is 0 Å². The standard InChI is InChI=1S/C25H34O4/c1-3-9-20(10-4-1)18-26-21-11-7-12-24(13-8-16-27-24)22(17-21)23-19-28-25(29-23)14-5-2-6-15-25/h1,3-4,8-10,13,21-23H,2,5-7,11-12,14-19H2/t21-,22+,23+,24-/m0/s1. The van der Waals surface area contributed by atoms with Crippen LogP contribution in [-0.2, 0) is 25.6 Å². The Kier molecular flexibility index (Phi) is 5.79. The summed E-state index contributed by atoms with van der Waals surface area (Å²) in [6.07, 6.45) is 14.9. The highest BCUT2D eigenvalue weighted by Crippen LogP contribution is 2.47. The number of hydrogen-bond acceptors (Lipinski definition) is 4. The van der Waals surface area contributed by atoms with Crippen molar-refractivity contribution < 1.29 is 18.9 Å². The van der Waals surface area contributed by atoms with Crippen LogP contribution in [0.15, 0.2) is 42.5 Å². The monoisotopic (exact) mass is 398 g/mol. The summed E-state index contributed by atoms with van der Waals surface area (Å²) in [5.41, 5.74) is 1.03. The lowest BCUT2D eigenvalue weighted by Gasteiger charge is -2.39. The van der Waals surface area contributed by atoms with Gasteiger partial charge in [-0.1, -0.05) is 48.9 Å². The summed E-state index contributed by atoms with van der Waals surface area (Å²) in [5, 5.41) is 0. The Morgan fingerprint density at radius 3 is 2.62 bits per heavy atom. The minimum Gasteiger partial charge on any atom is -0.374 e. The van der Waals surface area contributed by atoms with E-state index in [9.17, 15) is 0 Å². The molecule has 0 amide bonds. The smallest absolute Gasteiger partial charge is 0.168 e. The molecule has 1 aromatic rings. The van der Waals surface area contributed by atoms with Crippen molar-refractivity contribution in [1.29, 1.82) is 0 Å². The Labute approximate surface area is 174 Å². The van der Waals surface area contributed by atoms with Crippen LogP contribution in [-0.4, -0.2) is 36.8 Å². The first-order valence-electron chi connectivity index (χ1n) is 11.6. The fraction of sp³-hybridized carbons (Fsp3) is 0.680. The van der Waals surface area contributed by atoms with Crippen LogP contribution in [0.1, 0.15) is 63.4 Å². The molecule has 29 heavy (non-hydrogen) atoms. The first kappa shape index (κ1) is 19.7. The topological polar surface area (TPSA) is 36.9 Å². The molecular weight excluding hydrogens is 364 g/mol. The molecule has 0 bridgehead atoms. The van der Waals surface area contributed by atoms with E-state index in [1.54, 1.807) is 0 Å². The Morgan fingerprint density at radius 2 is 1.83 bits per heavy atom. The maximum absolute atomic E-state index is 6.69. The van der Waals surface area contributed by atoms with E-state index in [4.69, 9.17) is 18.9 Å². The van der Waals surface area contributed by atoms with E-state index in [1.165, 1.54) is 24.8 Å². The number of benzene rings is 1. The van der Waals surface area contributed by atoms with Gasteiger partial charge in [0, 0.05) is 18.8 Å². The fourth-order valence-corrected chi connectivity index (χ4v) is 5.81. The molecule has 0 aromatic heterocycles. The van der Waals surface area contributed by atoms with E-state index in [-0.39, 0.29) is 29.5 Å². The van der Waals surface area contributed by atoms with Gasteiger partial charge in [-0.15, -0.1) is 0 Å². The van der Waals surface area contributed by atoms with Crippen molar-refractivity contribution in [2.24, 2.45) is 5.92 Å². The largest absolute Gasteiger partial charge is 0.374 e. The highest BCUT2D eigenvalue weighted by atomic mass is 16.7. The van der Waals surface area contributed by atoms with Crippen LogP contribution in [0.4, 0.5) is 0 Å². The molecule has 2 heterocycles. The predicted molar refractivity (Wildman–Crippen MR) is 111 cm³/mol. The lowest BCUT2D eigenvalue weighted by Crippen LogP contribution is -2.46. The first-order chi connectivity index (χ1) is 14.3. The molecule has 158 valence electrons. The zero-order chi connectivity index (χ0) is 19.6. The molecule has 4 heteroatoms. The van der Waals surface area contributed by atoms with Gasteiger partial charge in [0.2, 0.25) is 0 Å². The maximum atomic E-state index is 6.69. The second-order valence-electron chi connectivity index (χ2n) is 9.26. The number of rotatable bonds is 4. The molecule has 0 N–H and O–H groups in total. The highest BCUT2D eigenvalue weighted by molar-refractivity contribution is 5.15. The van der Waals surface area contributed by atoms with Gasteiger partial charge in [-0.25, -0.2) is 0 Å². The number of ether oxygens (including phenoxy) is 4. The molecule has 5 rings (SSSR count). The van der Waals surface area contributed by atoms with Gasteiger partial charge >= 0.3 is 0 Å². The van der Waals surface area contributed by atoms with Crippen molar-refractivity contribution >= 4 is 0 Å². The van der Waals surface area contributed by atoms with Crippen LogP contribution in [0, 0.1) is 5.92 Å². The summed E-state index contributed by atoms with van der Waals surface area (Å²) in [6, 6.07) is 10.5. The van der Waals surface area contributed by atoms with Crippen LogP contribution in [0.5, 0.6) is 0 Å². The van der Waals surface area contributed by atoms with Crippen molar-refractivity contribution in [3.05, 3.63) is 48.0 Å². The zero-order valence-electron chi connectivity index (χ0n) is 17.4.